The van der Waals surface area contributed by atoms with Gasteiger partial charge in [0.15, 0.2) is 0 Å². The van der Waals surface area contributed by atoms with Gasteiger partial charge in [-0.05, 0) is 36.8 Å². The molecule has 1 aromatic carbocycles. The second-order valence-electron chi connectivity index (χ2n) is 4.43. The Bertz CT molecular complexity index is 585. The molecule has 0 radical (unpaired) electrons. The summed E-state index contributed by atoms with van der Waals surface area (Å²) in [7, 11) is 3.16. The first-order valence-electron chi connectivity index (χ1n) is 7.49. The average molecular weight is 330 g/mol. The van der Waals surface area contributed by atoms with Crippen LogP contribution in [0.1, 0.15) is 18.9 Å². The zero-order chi connectivity index (χ0) is 18.4. The standard InChI is InChI=1S/C18H22O4.C2H4/c1-5-14(6-2)11-12-22-18(19)10-7-15-13-16(20-3)8-9-17(15)21-4;1-2/h5-10,13H,1,11-12H2,2-4H3;1-2H2/b10-7+,14-6+;. The van der Waals surface area contributed by atoms with E-state index >= 15 is 0 Å². The van der Waals surface area contributed by atoms with E-state index < -0.39 is 5.97 Å². The quantitative estimate of drug-likeness (QED) is 0.303. The molecule has 1 rings (SSSR count). The van der Waals surface area contributed by atoms with E-state index in [1.165, 1.54) is 6.08 Å². The fourth-order valence-electron chi connectivity index (χ4n) is 1.81. The Labute approximate surface area is 144 Å². The molecule has 0 saturated carbocycles. The first-order chi connectivity index (χ1) is 11.6. The molecule has 0 atom stereocenters. The molecule has 0 heterocycles. The number of allylic oxidation sites excluding steroid dienone is 2. The Hall–Kier alpha value is -2.75. The molecule has 130 valence electrons. The van der Waals surface area contributed by atoms with E-state index in [-0.39, 0.29) is 0 Å². The number of methoxy groups -OCH3 is 2. The lowest BCUT2D eigenvalue weighted by Gasteiger charge is -2.07. The van der Waals surface area contributed by atoms with Crippen LogP contribution >= 0.6 is 0 Å². The van der Waals surface area contributed by atoms with Crippen molar-refractivity contribution < 1.29 is 19.0 Å². The van der Waals surface area contributed by atoms with Gasteiger partial charge in [0.25, 0.3) is 0 Å². The number of hydrogen-bond donors (Lipinski definition) is 0. The average Bonchev–Trinajstić information content (AvgIpc) is 2.64. The minimum Gasteiger partial charge on any atom is -0.497 e. The van der Waals surface area contributed by atoms with E-state index in [0.717, 1.165) is 11.1 Å². The van der Waals surface area contributed by atoms with Crippen molar-refractivity contribution in [1.82, 2.24) is 0 Å². The first-order valence-corrected chi connectivity index (χ1v) is 7.49. The van der Waals surface area contributed by atoms with Crippen LogP contribution in [-0.4, -0.2) is 26.8 Å². The van der Waals surface area contributed by atoms with Crippen molar-refractivity contribution in [2.45, 2.75) is 13.3 Å². The molecule has 0 spiro atoms. The molecule has 0 bridgehead atoms. The summed E-state index contributed by atoms with van der Waals surface area (Å²) in [6.45, 7) is 11.9. The van der Waals surface area contributed by atoms with Crippen LogP contribution in [0.5, 0.6) is 11.5 Å². The van der Waals surface area contributed by atoms with E-state index in [0.29, 0.717) is 24.5 Å². The topological polar surface area (TPSA) is 44.8 Å². The number of esters is 1. The number of rotatable bonds is 8. The Morgan fingerprint density at radius 2 is 1.92 bits per heavy atom. The minimum atomic E-state index is -0.399. The van der Waals surface area contributed by atoms with Crippen LogP contribution in [0.25, 0.3) is 6.08 Å². The van der Waals surface area contributed by atoms with Gasteiger partial charge in [-0.25, -0.2) is 4.79 Å². The largest absolute Gasteiger partial charge is 0.497 e. The van der Waals surface area contributed by atoms with E-state index in [1.807, 2.05) is 13.0 Å². The monoisotopic (exact) mass is 330 g/mol. The van der Waals surface area contributed by atoms with E-state index in [1.54, 1.807) is 44.6 Å². The predicted octanol–water partition coefficient (Wildman–Crippen LogP) is 4.58. The summed E-state index contributed by atoms with van der Waals surface area (Å²) in [6, 6.07) is 5.37. The van der Waals surface area contributed by atoms with Crippen molar-refractivity contribution in [2.24, 2.45) is 0 Å². The third-order valence-corrected chi connectivity index (χ3v) is 3.10. The van der Waals surface area contributed by atoms with Crippen LogP contribution in [0.4, 0.5) is 0 Å². The molecule has 1 aromatic rings. The van der Waals surface area contributed by atoms with Gasteiger partial charge in [-0.3, -0.25) is 0 Å². The second kappa shape index (κ2) is 12.8. The highest BCUT2D eigenvalue weighted by molar-refractivity contribution is 5.87. The lowest BCUT2D eigenvalue weighted by molar-refractivity contribution is -0.137. The van der Waals surface area contributed by atoms with E-state index in [9.17, 15) is 4.79 Å². The highest BCUT2D eigenvalue weighted by Crippen LogP contribution is 2.25. The summed E-state index contributed by atoms with van der Waals surface area (Å²) >= 11 is 0. The lowest BCUT2D eigenvalue weighted by Crippen LogP contribution is -2.02. The lowest BCUT2D eigenvalue weighted by atomic mass is 10.1. The van der Waals surface area contributed by atoms with Crippen LogP contribution in [0.2, 0.25) is 0 Å². The Balaban J connectivity index is 0.00000254. The summed E-state index contributed by atoms with van der Waals surface area (Å²) in [5, 5.41) is 0. The van der Waals surface area contributed by atoms with Crippen LogP contribution in [0.3, 0.4) is 0 Å². The number of benzene rings is 1. The molecule has 0 unspecified atom stereocenters. The highest BCUT2D eigenvalue weighted by atomic mass is 16.5. The highest BCUT2D eigenvalue weighted by Gasteiger charge is 2.03. The van der Waals surface area contributed by atoms with Crippen molar-refractivity contribution in [3.8, 4) is 11.5 Å². The van der Waals surface area contributed by atoms with Crippen molar-refractivity contribution in [2.75, 3.05) is 20.8 Å². The second-order valence-corrected chi connectivity index (χ2v) is 4.43. The molecule has 0 amide bonds. The van der Waals surface area contributed by atoms with Crippen LogP contribution in [-0.2, 0) is 9.53 Å². The van der Waals surface area contributed by atoms with Gasteiger partial charge in [-0.15, -0.1) is 13.2 Å². The number of carbonyl (C=O) groups is 1. The molecule has 0 aliphatic rings. The molecule has 0 saturated heterocycles. The maximum atomic E-state index is 11.7. The first kappa shape index (κ1) is 21.2. The van der Waals surface area contributed by atoms with Gasteiger partial charge in [0.2, 0.25) is 0 Å². The molecule has 0 aliphatic heterocycles. The molecule has 4 heteroatoms. The summed E-state index contributed by atoms with van der Waals surface area (Å²) < 4.78 is 15.5. The number of hydrogen-bond acceptors (Lipinski definition) is 4. The van der Waals surface area contributed by atoms with Gasteiger partial charge < -0.3 is 14.2 Å². The van der Waals surface area contributed by atoms with Gasteiger partial charge in [0, 0.05) is 18.1 Å². The van der Waals surface area contributed by atoms with Crippen molar-refractivity contribution in [3.05, 3.63) is 67.3 Å². The van der Waals surface area contributed by atoms with Crippen LogP contribution in [0.15, 0.2) is 61.7 Å². The van der Waals surface area contributed by atoms with Crippen LogP contribution in [0, 0.1) is 0 Å². The Morgan fingerprint density at radius 3 is 2.46 bits per heavy atom. The Kier molecular flexibility index (Phi) is 11.3. The molecule has 4 nitrogen and oxygen atoms in total. The number of carbonyl (C=O) groups excluding carboxylic acids is 1. The molecule has 24 heavy (non-hydrogen) atoms. The molecular weight excluding hydrogens is 304 g/mol. The molecule has 0 aromatic heterocycles. The van der Waals surface area contributed by atoms with Gasteiger partial charge in [-0.2, -0.15) is 0 Å². The molecular formula is C20H26O4. The zero-order valence-corrected chi connectivity index (χ0v) is 14.7. The van der Waals surface area contributed by atoms with Crippen molar-refractivity contribution >= 4 is 12.0 Å². The third-order valence-electron chi connectivity index (χ3n) is 3.10. The minimum absolute atomic E-state index is 0.324. The number of ether oxygens (including phenoxy) is 3. The van der Waals surface area contributed by atoms with Crippen LogP contribution < -0.4 is 9.47 Å². The van der Waals surface area contributed by atoms with Gasteiger partial charge in [-0.1, -0.05) is 18.7 Å². The summed E-state index contributed by atoms with van der Waals surface area (Å²) in [5.41, 5.74) is 1.80. The van der Waals surface area contributed by atoms with Gasteiger partial charge in [0.05, 0.1) is 20.8 Å². The zero-order valence-electron chi connectivity index (χ0n) is 14.7. The smallest absolute Gasteiger partial charge is 0.330 e. The third kappa shape index (κ3) is 7.49. The maximum Gasteiger partial charge on any atom is 0.330 e. The van der Waals surface area contributed by atoms with Gasteiger partial charge >= 0.3 is 5.97 Å². The van der Waals surface area contributed by atoms with Crippen molar-refractivity contribution in [1.29, 1.82) is 0 Å². The summed E-state index contributed by atoms with van der Waals surface area (Å²) in [6.07, 6.45) is 7.37. The molecule has 0 aliphatic carbocycles. The molecule has 0 N–H and O–H groups in total. The predicted molar refractivity (Wildman–Crippen MR) is 99.4 cm³/mol. The fourth-order valence-corrected chi connectivity index (χ4v) is 1.81. The van der Waals surface area contributed by atoms with E-state index in [4.69, 9.17) is 14.2 Å². The maximum absolute atomic E-state index is 11.7. The Morgan fingerprint density at radius 1 is 1.21 bits per heavy atom. The summed E-state index contributed by atoms with van der Waals surface area (Å²) in [4.78, 5) is 11.7. The van der Waals surface area contributed by atoms with E-state index in [2.05, 4.69) is 19.7 Å². The normalized spacial score (nSPS) is 10.5. The fraction of sp³-hybridized carbons (Fsp3) is 0.250. The van der Waals surface area contributed by atoms with Crippen molar-refractivity contribution in [3.63, 3.8) is 0 Å². The summed E-state index contributed by atoms with van der Waals surface area (Å²) in [5.74, 6) is 0.953. The SMILES string of the molecule is C=C.C=C/C(=C\C)CCOC(=O)/C=C/c1cc(OC)ccc1OC. The van der Waals surface area contributed by atoms with Gasteiger partial charge in [0.1, 0.15) is 11.5 Å². The molecule has 0 fully saturated rings.